The van der Waals surface area contributed by atoms with Crippen molar-refractivity contribution in [2.24, 2.45) is 0 Å². The number of piperidine rings is 1. The van der Waals surface area contributed by atoms with Crippen molar-refractivity contribution in [2.45, 2.75) is 48.7 Å². The normalized spacial score (nSPS) is 29.0. The Morgan fingerprint density at radius 2 is 1.90 bits per heavy atom. The fourth-order valence-electron chi connectivity index (χ4n) is 3.32. The maximum absolute atomic E-state index is 13.6. The Morgan fingerprint density at radius 3 is 2.48 bits per heavy atom. The van der Waals surface area contributed by atoms with Crippen molar-refractivity contribution >= 4 is 26.0 Å². The fourth-order valence-corrected chi connectivity index (χ4v) is 4.96. The van der Waals surface area contributed by atoms with Crippen molar-refractivity contribution in [3.8, 4) is 0 Å². The maximum Gasteiger partial charge on any atom is 0.243 e. The molecule has 1 N–H and O–H groups in total. The highest BCUT2D eigenvalue weighted by Gasteiger charge is 2.38. The summed E-state index contributed by atoms with van der Waals surface area (Å²) in [6.07, 6.45) is 3.88. The quantitative estimate of drug-likeness (QED) is 0.881. The van der Waals surface area contributed by atoms with Gasteiger partial charge in [-0.05, 0) is 59.8 Å². The Kier molecular flexibility index (Phi) is 4.11. The molecule has 0 aliphatic carbocycles. The zero-order chi connectivity index (χ0) is 15.2. The highest BCUT2D eigenvalue weighted by atomic mass is 79.9. The Labute approximate surface area is 132 Å². The van der Waals surface area contributed by atoms with E-state index < -0.39 is 15.8 Å². The van der Waals surface area contributed by atoms with E-state index in [1.54, 1.807) is 7.05 Å². The standard InChI is InChI=1S/C14H18BrFN2O2S/c1-18(11-6-9-2-3-10(7-11)17-9)21(19,20)12-4-5-13(15)14(16)8-12/h4-5,8-11,17H,2-3,6-7H2,1H3. The summed E-state index contributed by atoms with van der Waals surface area (Å²) < 4.78 is 40.6. The molecule has 2 aliphatic rings. The molecular weight excluding hydrogens is 359 g/mol. The van der Waals surface area contributed by atoms with Gasteiger partial charge in [0.05, 0.1) is 9.37 Å². The molecule has 2 heterocycles. The van der Waals surface area contributed by atoms with Gasteiger partial charge in [-0.2, -0.15) is 4.31 Å². The summed E-state index contributed by atoms with van der Waals surface area (Å²) in [5, 5.41) is 3.50. The number of rotatable bonds is 3. The molecule has 0 saturated carbocycles. The first-order valence-electron chi connectivity index (χ1n) is 7.07. The molecule has 1 aromatic carbocycles. The molecule has 0 amide bonds. The van der Waals surface area contributed by atoms with E-state index in [4.69, 9.17) is 0 Å². The molecule has 2 aliphatic heterocycles. The number of hydrogen-bond donors (Lipinski definition) is 1. The van der Waals surface area contributed by atoms with Crippen molar-refractivity contribution in [1.29, 1.82) is 0 Å². The molecule has 7 heteroatoms. The third kappa shape index (κ3) is 2.88. The van der Waals surface area contributed by atoms with E-state index in [0.29, 0.717) is 12.1 Å². The van der Waals surface area contributed by atoms with E-state index >= 15 is 0 Å². The predicted octanol–water partition coefficient (Wildman–Crippen LogP) is 2.49. The minimum Gasteiger partial charge on any atom is -0.311 e. The van der Waals surface area contributed by atoms with Gasteiger partial charge < -0.3 is 5.32 Å². The van der Waals surface area contributed by atoms with Gasteiger partial charge in [0.15, 0.2) is 0 Å². The Hall–Kier alpha value is -0.500. The third-order valence-corrected chi connectivity index (χ3v) is 7.08. The summed E-state index contributed by atoms with van der Waals surface area (Å²) in [6, 6.07) is 4.75. The molecule has 2 fully saturated rings. The van der Waals surface area contributed by atoms with Crippen LogP contribution in [0.2, 0.25) is 0 Å². The van der Waals surface area contributed by atoms with Gasteiger partial charge in [0.25, 0.3) is 0 Å². The maximum atomic E-state index is 13.6. The lowest BCUT2D eigenvalue weighted by atomic mass is 10.0. The lowest BCUT2D eigenvalue weighted by Gasteiger charge is -2.34. The number of halogens is 2. The molecule has 21 heavy (non-hydrogen) atoms. The van der Waals surface area contributed by atoms with Crippen LogP contribution in [0.25, 0.3) is 0 Å². The molecule has 116 valence electrons. The number of nitrogens with zero attached hydrogens (tertiary/aromatic N) is 1. The zero-order valence-electron chi connectivity index (χ0n) is 11.7. The lowest BCUT2D eigenvalue weighted by Crippen LogP contribution is -2.48. The molecule has 2 unspecified atom stereocenters. The Balaban J connectivity index is 1.85. The van der Waals surface area contributed by atoms with Gasteiger partial charge in [0.2, 0.25) is 10.0 Å². The van der Waals surface area contributed by atoms with Crippen LogP contribution in [0.5, 0.6) is 0 Å². The van der Waals surface area contributed by atoms with Crippen molar-refractivity contribution in [3.05, 3.63) is 28.5 Å². The monoisotopic (exact) mass is 376 g/mol. The minimum atomic E-state index is -3.65. The minimum absolute atomic E-state index is 0.0107. The molecule has 2 atom stereocenters. The van der Waals surface area contributed by atoms with Gasteiger partial charge in [-0.3, -0.25) is 0 Å². The van der Waals surface area contributed by atoms with Crippen LogP contribution in [-0.4, -0.2) is 37.9 Å². The van der Waals surface area contributed by atoms with Gasteiger partial charge in [-0.15, -0.1) is 0 Å². The molecule has 3 rings (SSSR count). The van der Waals surface area contributed by atoms with Crippen molar-refractivity contribution in [1.82, 2.24) is 9.62 Å². The fraction of sp³-hybridized carbons (Fsp3) is 0.571. The second kappa shape index (κ2) is 5.61. The van der Waals surface area contributed by atoms with Gasteiger partial charge >= 0.3 is 0 Å². The van der Waals surface area contributed by atoms with Crippen LogP contribution in [0.3, 0.4) is 0 Å². The predicted molar refractivity (Wildman–Crippen MR) is 82.0 cm³/mol. The van der Waals surface area contributed by atoms with Crippen LogP contribution in [0.4, 0.5) is 4.39 Å². The van der Waals surface area contributed by atoms with E-state index in [-0.39, 0.29) is 15.4 Å². The SMILES string of the molecule is CN(C1CC2CCC(C1)N2)S(=O)(=O)c1ccc(Br)c(F)c1. The first kappa shape index (κ1) is 15.4. The summed E-state index contributed by atoms with van der Waals surface area (Å²) in [5.74, 6) is -0.560. The molecule has 0 aromatic heterocycles. The summed E-state index contributed by atoms with van der Waals surface area (Å²) in [5.41, 5.74) is 0. The number of nitrogens with one attached hydrogen (secondary N) is 1. The third-order valence-electron chi connectivity index (χ3n) is 4.53. The van der Waals surface area contributed by atoms with Gasteiger partial charge in [-0.1, -0.05) is 0 Å². The summed E-state index contributed by atoms with van der Waals surface area (Å²) >= 11 is 3.04. The number of fused-ring (bicyclic) bond motifs is 2. The van der Waals surface area contributed by atoms with Crippen LogP contribution in [-0.2, 0) is 10.0 Å². The van der Waals surface area contributed by atoms with Gasteiger partial charge in [-0.25, -0.2) is 12.8 Å². The summed E-state index contributed by atoms with van der Waals surface area (Å²) in [7, 11) is -2.05. The largest absolute Gasteiger partial charge is 0.311 e. The number of benzene rings is 1. The molecule has 4 nitrogen and oxygen atoms in total. The first-order valence-corrected chi connectivity index (χ1v) is 9.30. The van der Waals surface area contributed by atoms with Crippen LogP contribution in [0.15, 0.2) is 27.6 Å². The molecule has 2 saturated heterocycles. The van der Waals surface area contributed by atoms with Crippen molar-refractivity contribution in [3.63, 3.8) is 0 Å². The van der Waals surface area contributed by atoms with E-state index in [9.17, 15) is 12.8 Å². The van der Waals surface area contributed by atoms with Crippen LogP contribution >= 0.6 is 15.9 Å². The molecule has 1 aromatic rings. The van der Waals surface area contributed by atoms with Crippen LogP contribution in [0, 0.1) is 5.82 Å². The van der Waals surface area contributed by atoms with Gasteiger partial charge in [0, 0.05) is 25.2 Å². The van der Waals surface area contributed by atoms with E-state index in [1.165, 1.54) is 16.4 Å². The zero-order valence-corrected chi connectivity index (χ0v) is 14.1. The molecule has 2 bridgehead atoms. The lowest BCUT2D eigenvalue weighted by molar-refractivity contribution is 0.251. The van der Waals surface area contributed by atoms with E-state index in [2.05, 4.69) is 21.2 Å². The topological polar surface area (TPSA) is 49.4 Å². The number of sulfonamides is 1. The average Bonchev–Trinajstić information content (AvgIpc) is 2.79. The van der Waals surface area contributed by atoms with Crippen molar-refractivity contribution in [2.75, 3.05) is 7.05 Å². The highest BCUT2D eigenvalue weighted by molar-refractivity contribution is 9.10. The van der Waals surface area contributed by atoms with E-state index in [0.717, 1.165) is 31.7 Å². The Morgan fingerprint density at radius 1 is 1.29 bits per heavy atom. The Bertz CT molecular complexity index is 640. The van der Waals surface area contributed by atoms with E-state index in [1.807, 2.05) is 0 Å². The number of hydrogen-bond acceptors (Lipinski definition) is 3. The van der Waals surface area contributed by atoms with Crippen LogP contribution in [0.1, 0.15) is 25.7 Å². The van der Waals surface area contributed by atoms with Crippen LogP contribution < -0.4 is 5.32 Å². The molecule has 0 spiro atoms. The summed E-state index contributed by atoms with van der Waals surface area (Å²) in [6.45, 7) is 0. The smallest absolute Gasteiger partial charge is 0.243 e. The highest BCUT2D eigenvalue weighted by Crippen LogP contribution is 2.32. The average molecular weight is 377 g/mol. The second-order valence-corrected chi connectivity index (χ2v) is 8.71. The first-order chi connectivity index (χ1) is 9.88. The summed E-state index contributed by atoms with van der Waals surface area (Å²) in [4.78, 5) is 0.0107. The second-order valence-electron chi connectivity index (χ2n) is 5.86. The van der Waals surface area contributed by atoms with Crippen molar-refractivity contribution < 1.29 is 12.8 Å². The molecule has 0 radical (unpaired) electrons. The molecular formula is C14H18BrFN2O2S. The van der Waals surface area contributed by atoms with Gasteiger partial charge in [0.1, 0.15) is 5.82 Å².